The number of primary amides is 1. The largest absolute Gasteiger partial charge is 0.479 e. The van der Waals surface area contributed by atoms with Crippen molar-refractivity contribution in [3.63, 3.8) is 0 Å². The number of hydrogen-bond donors (Lipinski definition) is 3. The Hall–Kier alpha value is -1.95. The molecule has 0 heterocycles. The number of rotatable bonds is 4. The van der Waals surface area contributed by atoms with Crippen LogP contribution in [0.15, 0.2) is 18.2 Å². The van der Waals surface area contributed by atoms with Gasteiger partial charge in [-0.2, -0.15) is 0 Å². The number of carboxylic acids is 1. The highest BCUT2D eigenvalue weighted by molar-refractivity contribution is 6.31. The van der Waals surface area contributed by atoms with Gasteiger partial charge >= 0.3 is 12.0 Å². The first-order valence-electron chi connectivity index (χ1n) is 4.65. The Morgan fingerprint density at radius 2 is 2.18 bits per heavy atom. The highest BCUT2D eigenvalue weighted by Crippen LogP contribution is 2.28. The van der Waals surface area contributed by atoms with Gasteiger partial charge in [0.05, 0.1) is 5.69 Å². The van der Waals surface area contributed by atoms with Gasteiger partial charge in [-0.3, -0.25) is 0 Å². The van der Waals surface area contributed by atoms with Gasteiger partial charge in [-0.15, -0.1) is 0 Å². The van der Waals surface area contributed by atoms with Crippen molar-refractivity contribution in [2.24, 2.45) is 5.73 Å². The van der Waals surface area contributed by atoms with Crippen molar-refractivity contribution in [2.75, 3.05) is 5.32 Å². The minimum atomic E-state index is -1.12. The topological polar surface area (TPSA) is 102 Å². The molecule has 1 aromatic rings. The van der Waals surface area contributed by atoms with Crippen LogP contribution in [-0.2, 0) is 4.79 Å². The van der Waals surface area contributed by atoms with E-state index in [-0.39, 0.29) is 11.4 Å². The summed E-state index contributed by atoms with van der Waals surface area (Å²) in [5, 5.41) is 11.4. The Morgan fingerprint density at radius 3 is 2.71 bits per heavy atom. The van der Waals surface area contributed by atoms with Crippen molar-refractivity contribution in [1.29, 1.82) is 0 Å². The number of carbonyl (C=O) groups excluding carboxylic acids is 1. The van der Waals surface area contributed by atoms with Crippen molar-refractivity contribution in [1.82, 2.24) is 0 Å². The Labute approximate surface area is 102 Å². The normalized spacial score (nSPS) is 11.6. The molecule has 0 aliphatic carbocycles. The number of ether oxygens (including phenoxy) is 1. The SMILES string of the molecule is CC(Oc1ccc(Cl)cc1NC(N)=O)C(=O)O. The van der Waals surface area contributed by atoms with Crippen molar-refractivity contribution in [2.45, 2.75) is 13.0 Å². The van der Waals surface area contributed by atoms with Gasteiger partial charge in [-0.25, -0.2) is 9.59 Å². The first kappa shape index (κ1) is 13.1. The van der Waals surface area contributed by atoms with E-state index in [2.05, 4.69) is 5.32 Å². The zero-order valence-electron chi connectivity index (χ0n) is 8.94. The number of carbonyl (C=O) groups is 2. The summed E-state index contributed by atoms with van der Waals surface area (Å²) >= 11 is 5.74. The van der Waals surface area contributed by atoms with E-state index < -0.39 is 18.1 Å². The standard InChI is InChI=1S/C10H11ClN2O4/c1-5(9(14)15)17-8-3-2-6(11)4-7(8)13-10(12)16/h2-5H,1H3,(H,14,15)(H3,12,13,16). The van der Waals surface area contributed by atoms with Crippen LogP contribution in [0, 0.1) is 0 Å². The van der Waals surface area contributed by atoms with E-state index in [9.17, 15) is 9.59 Å². The number of anilines is 1. The second-order valence-corrected chi connectivity index (χ2v) is 3.66. The molecule has 0 fully saturated rings. The van der Waals surface area contributed by atoms with E-state index in [1.54, 1.807) is 0 Å². The molecule has 0 aromatic heterocycles. The molecule has 0 aliphatic rings. The van der Waals surface area contributed by atoms with Gasteiger partial charge in [0, 0.05) is 5.02 Å². The van der Waals surface area contributed by atoms with E-state index in [1.807, 2.05) is 0 Å². The molecular weight excluding hydrogens is 248 g/mol. The maximum Gasteiger partial charge on any atom is 0.344 e. The summed E-state index contributed by atoms with van der Waals surface area (Å²) in [6, 6.07) is 3.58. The molecule has 0 saturated carbocycles. The Bertz CT molecular complexity index is 450. The summed E-state index contributed by atoms with van der Waals surface area (Å²) in [6.07, 6.45) is -1.05. The third-order valence-corrected chi connectivity index (χ3v) is 2.09. The first-order chi connectivity index (χ1) is 7.90. The molecule has 0 saturated heterocycles. The maximum absolute atomic E-state index is 10.7. The molecule has 1 atom stereocenters. The maximum atomic E-state index is 10.7. The van der Waals surface area contributed by atoms with E-state index in [4.69, 9.17) is 27.2 Å². The molecular formula is C10H11ClN2O4. The van der Waals surface area contributed by atoms with E-state index in [1.165, 1.54) is 25.1 Å². The number of nitrogens with one attached hydrogen (secondary N) is 1. The Morgan fingerprint density at radius 1 is 1.53 bits per heavy atom. The van der Waals surface area contributed by atoms with E-state index >= 15 is 0 Å². The average Bonchev–Trinajstić information content (AvgIpc) is 2.20. The van der Waals surface area contributed by atoms with Gasteiger partial charge < -0.3 is 20.9 Å². The van der Waals surface area contributed by atoms with Crippen molar-refractivity contribution in [3.8, 4) is 5.75 Å². The molecule has 0 spiro atoms. The fourth-order valence-corrected chi connectivity index (χ4v) is 1.25. The lowest BCUT2D eigenvalue weighted by Gasteiger charge is -2.14. The van der Waals surface area contributed by atoms with Crippen LogP contribution in [-0.4, -0.2) is 23.2 Å². The van der Waals surface area contributed by atoms with Crippen LogP contribution in [0.1, 0.15) is 6.92 Å². The van der Waals surface area contributed by atoms with Crippen LogP contribution in [0.2, 0.25) is 5.02 Å². The summed E-state index contributed by atoms with van der Waals surface area (Å²) in [7, 11) is 0. The molecule has 17 heavy (non-hydrogen) atoms. The summed E-state index contributed by atoms with van der Waals surface area (Å²) < 4.78 is 5.13. The van der Waals surface area contributed by atoms with Gasteiger partial charge in [0.25, 0.3) is 0 Å². The molecule has 1 unspecified atom stereocenters. The van der Waals surface area contributed by atoms with Crippen LogP contribution in [0.5, 0.6) is 5.75 Å². The number of nitrogens with two attached hydrogens (primary N) is 1. The number of urea groups is 1. The molecule has 0 aliphatic heterocycles. The zero-order chi connectivity index (χ0) is 13.0. The molecule has 0 radical (unpaired) electrons. The summed E-state index contributed by atoms with van der Waals surface area (Å²) in [4.78, 5) is 21.4. The summed E-state index contributed by atoms with van der Waals surface area (Å²) in [6.45, 7) is 1.37. The van der Waals surface area contributed by atoms with Gasteiger partial charge in [0.2, 0.25) is 0 Å². The fourth-order valence-electron chi connectivity index (χ4n) is 1.08. The molecule has 7 heteroatoms. The van der Waals surface area contributed by atoms with Gasteiger partial charge in [0.15, 0.2) is 6.10 Å². The quantitative estimate of drug-likeness (QED) is 0.765. The van der Waals surface area contributed by atoms with Crippen molar-refractivity contribution < 1.29 is 19.4 Å². The van der Waals surface area contributed by atoms with Crippen LogP contribution in [0.3, 0.4) is 0 Å². The molecule has 1 rings (SSSR count). The minimum Gasteiger partial charge on any atom is -0.479 e. The molecule has 6 nitrogen and oxygen atoms in total. The average molecular weight is 259 g/mol. The molecule has 1 aromatic carbocycles. The minimum absolute atomic E-state index is 0.183. The number of aliphatic carboxylic acids is 1. The Balaban J connectivity index is 2.97. The van der Waals surface area contributed by atoms with Crippen LogP contribution >= 0.6 is 11.6 Å². The van der Waals surface area contributed by atoms with E-state index in [0.717, 1.165) is 0 Å². The summed E-state index contributed by atoms with van der Waals surface area (Å²) in [5.74, 6) is -0.937. The van der Waals surface area contributed by atoms with Gasteiger partial charge in [-0.1, -0.05) is 11.6 Å². The second kappa shape index (κ2) is 5.40. The van der Waals surface area contributed by atoms with Crippen LogP contribution < -0.4 is 15.8 Å². The lowest BCUT2D eigenvalue weighted by molar-refractivity contribution is -0.144. The number of benzene rings is 1. The van der Waals surface area contributed by atoms with Crippen molar-refractivity contribution >= 4 is 29.3 Å². The highest BCUT2D eigenvalue weighted by atomic mass is 35.5. The molecule has 4 N–H and O–H groups in total. The first-order valence-corrected chi connectivity index (χ1v) is 5.03. The van der Waals surface area contributed by atoms with Crippen LogP contribution in [0.4, 0.5) is 10.5 Å². The van der Waals surface area contributed by atoms with Gasteiger partial charge in [-0.05, 0) is 25.1 Å². The number of hydrogen-bond acceptors (Lipinski definition) is 3. The zero-order valence-corrected chi connectivity index (χ0v) is 9.69. The number of carboxylic acid groups (broad SMARTS) is 1. The molecule has 0 bridgehead atoms. The smallest absolute Gasteiger partial charge is 0.344 e. The van der Waals surface area contributed by atoms with Gasteiger partial charge in [0.1, 0.15) is 5.75 Å². The number of amides is 2. The Kier molecular flexibility index (Phi) is 4.17. The number of halogens is 1. The predicted molar refractivity (Wildman–Crippen MR) is 62.4 cm³/mol. The van der Waals surface area contributed by atoms with Crippen molar-refractivity contribution in [3.05, 3.63) is 23.2 Å². The molecule has 92 valence electrons. The third kappa shape index (κ3) is 3.84. The summed E-state index contributed by atoms with van der Waals surface area (Å²) in [5.41, 5.74) is 5.19. The third-order valence-electron chi connectivity index (χ3n) is 1.85. The second-order valence-electron chi connectivity index (χ2n) is 3.23. The highest BCUT2D eigenvalue weighted by Gasteiger charge is 2.15. The fraction of sp³-hybridized carbons (Fsp3) is 0.200. The van der Waals surface area contributed by atoms with Crippen LogP contribution in [0.25, 0.3) is 0 Å². The lowest BCUT2D eigenvalue weighted by atomic mass is 10.3. The molecule has 2 amide bonds. The lowest BCUT2D eigenvalue weighted by Crippen LogP contribution is -2.24. The monoisotopic (exact) mass is 258 g/mol. The van der Waals surface area contributed by atoms with E-state index in [0.29, 0.717) is 5.02 Å². The predicted octanol–water partition coefficient (Wildman–Crippen LogP) is 1.68.